The minimum atomic E-state index is -3.84. The lowest BCUT2D eigenvalue weighted by Gasteiger charge is -2.36. The third-order valence-corrected chi connectivity index (χ3v) is 5.95. The van der Waals surface area contributed by atoms with Crippen LogP contribution in [-0.4, -0.2) is 57.9 Å². The first-order chi connectivity index (χ1) is 13.4. The highest BCUT2D eigenvalue weighted by atomic mass is 32.2. The summed E-state index contributed by atoms with van der Waals surface area (Å²) in [6.45, 7) is 2.18. The van der Waals surface area contributed by atoms with E-state index in [1.807, 2.05) is 30.3 Å². The number of anilines is 1. The van der Waals surface area contributed by atoms with E-state index in [9.17, 15) is 18.0 Å². The largest absolute Gasteiger partial charge is 0.369 e. The maximum Gasteiger partial charge on any atom is 0.253 e. The van der Waals surface area contributed by atoms with Crippen LogP contribution in [0.5, 0.6) is 0 Å². The molecule has 1 aliphatic heterocycles. The summed E-state index contributed by atoms with van der Waals surface area (Å²) < 4.78 is 26.2. The molecule has 1 heterocycles. The lowest BCUT2D eigenvalue weighted by molar-refractivity contribution is -0.116. The number of hydrogen-bond acceptors (Lipinski definition) is 5. The molecular weight excluding hydrogens is 380 g/mol. The van der Waals surface area contributed by atoms with Crippen molar-refractivity contribution in [2.75, 3.05) is 37.6 Å². The van der Waals surface area contributed by atoms with Crippen LogP contribution in [0.2, 0.25) is 0 Å². The number of carbonyl (C=O) groups is 2. The Labute approximate surface area is 164 Å². The van der Waals surface area contributed by atoms with Gasteiger partial charge in [0, 0.05) is 37.4 Å². The van der Waals surface area contributed by atoms with E-state index in [1.54, 1.807) is 4.90 Å². The fourth-order valence-electron chi connectivity index (χ4n) is 3.02. The fraction of sp³-hybridized carbons (Fsp3) is 0.263. The molecule has 0 radical (unpaired) electrons. The molecule has 3 rings (SSSR count). The van der Waals surface area contributed by atoms with Gasteiger partial charge in [0.05, 0.1) is 11.4 Å². The first-order valence-electron chi connectivity index (χ1n) is 8.84. The number of para-hydroxylation sites is 1. The smallest absolute Gasteiger partial charge is 0.253 e. The van der Waals surface area contributed by atoms with E-state index in [4.69, 9.17) is 5.73 Å². The normalized spacial score (nSPS) is 14.7. The third kappa shape index (κ3) is 4.68. The van der Waals surface area contributed by atoms with Gasteiger partial charge < -0.3 is 15.5 Å². The maximum absolute atomic E-state index is 12.7. The Hall–Kier alpha value is -2.91. The number of primary amides is 1. The summed E-state index contributed by atoms with van der Waals surface area (Å²) in [7, 11) is -3.84. The van der Waals surface area contributed by atoms with Gasteiger partial charge in [-0.1, -0.05) is 18.2 Å². The average Bonchev–Trinajstić information content (AvgIpc) is 2.73. The van der Waals surface area contributed by atoms with Crippen LogP contribution in [0.4, 0.5) is 5.69 Å². The zero-order valence-corrected chi connectivity index (χ0v) is 16.1. The molecule has 148 valence electrons. The van der Waals surface area contributed by atoms with Crippen molar-refractivity contribution in [1.82, 2.24) is 9.62 Å². The Bertz CT molecular complexity index is 938. The lowest BCUT2D eigenvalue weighted by Crippen LogP contribution is -2.48. The topological polar surface area (TPSA) is 113 Å². The number of benzene rings is 2. The predicted octanol–water partition coefficient (Wildman–Crippen LogP) is 0.413. The van der Waals surface area contributed by atoms with Crippen molar-refractivity contribution in [3.8, 4) is 0 Å². The zero-order valence-electron chi connectivity index (χ0n) is 15.2. The summed E-state index contributed by atoms with van der Waals surface area (Å²) in [5.41, 5.74) is 6.50. The molecule has 2 amide bonds. The Kier molecular flexibility index (Phi) is 5.96. The average molecular weight is 402 g/mol. The van der Waals surface area contributed by atoms with Crippen LogP contribution in [0.1, 0.15) is 10.4 Å². The van der Waals surface area contributed by atoms with Gasteiger partial charge in [-0.15, -0.1) is 0 Å². The summed E-state index contributed by atoms with van der Waals surface area (Å²) >= 11 is 0. The fourth-order valence-corrected chi connectivity index (χ4v) is 4.01. The summed E-state index contributed by atoms with van der Waals surface area (Å²) in [5.74, 6) is -0.910. The number of carbonyl (C=O) groups excluding carboxylic acids is 2. The van der Waals surface area contributed by atoms with E-state index in [0.29, 0.717) is 18.7 Å². The minimum absolute atomic E-state index is 0.0285. The number of rotatable bonds is 6. The first kappa shape index (κ1) is 19.8. The van der Waals surface area contributed by atoms with Crippen LogP contribution in [0.25, 0.3) is 0 Å². The van der Waals surface area contributed by atoms with Gasteiger partial charge in [0.2, 0.25) is 15.9 Å². The Morgan fingerprint density at radius 2 is 1.54 bits per heavy atom. The molecule has 1 fully saturated rings. The highest BCUT2D eigenvalue weighted by molar-refractivity contribution is 7.89. The van der Waals surface area contributed by atoms with Crippen LogP contribution >= 0.6 is 0 Å². The molecular formula is C19H22N4O4S. The quantitative estimate of drug-likeness (QED) is 0.727. The van der Waals surface area contributed by atoms with E-state index in [-0.39, 0.29) is 10.8 Å². The molecule has 2 aromatic rings. The molecule has 1 aliphatic rings. The molecule has 0 aliphatic carbocycles. The zero-order chi connectivity index (χ0) is 20.1. The van der Waals surface area contributed by atoms with Crippen molar-refractivity contribution >= 4 is 27.5 Å². The predicted molar refractivity (Wildman–Crippen MR) is 105 cm³/mol. The van der Waals surface area contributed by atoms with E-state index in [1.165, 1.54) is 24.3 Å². The molecule has 0 atom stereocenters. The van der Waals surface area contributed by atoms with Crippen molar-refractivity contribution in [2.24, 2.45) is 5.73 Å². The monoisotopic (exact) mass is 402 g/mol. The summed E-state index contributed by atoms with van der Waals surface area (Å²) in [5, 5.41) is 0. The summed E-state index contributed by atoms with van der Waals surface area (Å²) in [6.07, 6.45) is 0. The van der Waals surface area contributed by atoms with Crippen LogP contribution in [0, 0.1) is 0 Å². The molecule has 1 saturated heterocycles. The maximum atomic E-state index is 12.7. The summed E-state index contributed by atoms with van der Waals surface area (Å²) in [4.78, 5) is 27.4. The van der Waals surface area contributed by atoms with Gasteiger partial charge >= 0.3 is 0 Å². The van der Waals surface area contributed by atoms with Crippen LogP contribution in [0.15, 0.2) is 59.5 Å². The molecule has 0 aromatic heterocycles. The van der Waals surface area contributed by atoms with Gasteiger partial charge in [0.15, 0.2) is 0 Å². The number of piperazine rings is 1. The third-order valence-electron chi connectivity index (χ3n) is 4.54. The van der Waals surface area contributed by atoms with Crippen LogP contribution in [-0.2, 0) is 14.8 Å². The minimum Gasteiger partial charge on any atom is -0.369 e. The van der Waals surface area contributed by atoms with Gasteiger partial charge in [0.25, 0.3) is 5.91 Å². The molecule has 2 aromatic carbocycles. The molecule has 0 unspecified atom stereocenters. The van der Waals surface area contributed by atoms with E-state index in [0.717, 1.165) is 18.8 Å². The second-order valence-corrected chi connectivity index (χ2v) is 8.20. The number of nitrogens with two attached hydrogens (primary N) is 1. The van der Waals surface area contributed by atoms with E-state index in [2.05, 4.69) is 9.62 Å². The number of amides is 2. The molecule has 3 N–H and O–H groups in total. The van der Waals surface area contributed by atoms with Crippen molar-refractivity contribution in [1.29, 1.82) is 0 Å². The van der Waals surface area contributed by atoms with Crippen molar-refractivity contribution in [3.05, 3.63) is 60.2 Å². The second kappa shape index (κ2) is 8.41. The lowest BCUT2D eigenvalue weighted by atomic mass is 10.1. The number of nitrogens with zero attached hydrogens (tertiary/aromatic N) is 2. The molecule has 0 saturated carbocycles. The Balaban J connectivity index is 1.62. The first-order valence-corrected chi connectivity index (χ1v) is 10.3. The van der Waals surface area contributed by atoms with Gasteiger partial charge in [-0.3, -0.25) is 9.59 Å². The highest BCUT2D eigenvalue weighted by Gasteiger charge is 2.23. The molecule has 0 spiro atoms. The van der Waals surface area contributed by atoms with Gasteiger partial charge in [0.1, 0.15) is 0 Å². The molecule has 0 bridgehead atoms. The van der Waals surface area contributed by atoms with E-state index >= 15 is 0 Å². The number of nitrogens with one attached hydrogen (secondary N) is 1. The van der Waals surface area contributed by atoms with Gasteiger partial charge in [-0.05, 0) is 36.4 Å². The standard InChI is InChI=1S/C19H22N4O4S/c20-18(24)14-21-28(26,27)17-8-6-15(7-9-17)19(25)23-12-10-22(11-13-23)16-4-2-1-3-5-16/h1-9,21H,10-14H2,(H2,20,24). The Morgan fingerprint density at radius 3 is 2.11 bits per heavy atom. The van der Waals surface area contributed by atoms with Crippen molar-refractivity contribution in [3.63, 3.8) is 0 Å². The van der Waals surface area contributed by atoms with Crippen LogP contribution in [0.3, 0.4) is 0 Å². The number of sulfonamides is 1. The van der Waals surface area contributed by atoms with Gasteiger partial charge in [-0.25, -0.2) is 13.1 Å². The molecule has 8 nitrogen and oxygen atoms in total. The van der Waals surface area contributed by atoms with Crippen molar-refractivity contribution < 1.29 is 18.0 Å². The summed E-state index contributed by atoms with van der Waals surface area (Å²) in [6, 6.07) is 15.7. The Morgan fingerprint density at radius 1 is 0.929 bits per heavy atom. The number of hydrogen-bond donors (Lipinski definition) is 2. The highest BCUT2D eigenvalue weighted by Crippen LogP contribution is 2.17. The SMILES string of the molecule is NC(=O)CNS(=O)(=O)c1ccc(C(=O)N2CCN(c3ccccc3)CC2)cc1. The van der Waals surface area contributed by atoms with Gasteiger partial charge in [-0.2, -0.15) is 0 Å². The molecule has 9 heteroatoms. The van der Waals surface area contributed by atoms with E-state index < -0.39 is 22.5 Å². The second-order valence-electron chi connectivity index (χ2n) is 6.43. The molecule has 28 heavy (non-hydrogen) atoms. The van der Waals surface area contributed by atoms with Crippen molar-refractivity contribution in [2.45, 2.75) is 4.90 Å². The van der Waals surface area contributed by atoms with Crippen LogP contribution < -0.4 is 15.4 Å².